The summed E-state index contributed by atoms with van der Waals surface area (Å²) in [5, 5.41) is 17.1. The highest BCUT2D eigenvalue weighted by atomic mass is 32.2. The van der Waals surface area contributed by atoms with Crippen LogP contribution in [0.3, 0.4) is 0 Å². The molecule has 0 saturated heterocycles. The molecular formula is C24H24N6O2S2. The number of hydrogen-bond acceptors (Lipinski definition) is 7. The maximum absolute atomic E-state index is 12.4. The van der Waals surface area contributed by atoms with Gasteiger partial charge in [0.05, 0.1) is 18.0 Å². The number of anilines is 1. The second-order valence-electron chi connectivity index (χ2n) is 7.70. The lowest BCUT2D eigenvalue weighted by molar-refractivity contribution is -0.113. The first-order chi connectivity index (χ1) is 16.4. The molecule has 0 radical (unpaired) electrons. The third-order valence-electron chi connectivity index (χ3n) is 5.15. The second-order valence-corrected chi connectivity index (χ2v) is 9.50. The van der Waals surface area contributed by atoms with Gasteiger partial charge in [-0.25, -0.2) is 4.98 Å². The van der Waals surface area contributed by atoms with E-state index in [1.165, 1.54) is 28.7 Å². The molecule has 2 N–H and O–H groups in total. The average molecular weight is 493 g/mol. The molecule has 0 saturated carbocycles. The number of rotatable bonds is 8. The maximum atomic E-state index is 12.4. The molecule has 0 fully saturated rings. The molecule has 10 heteroatoms. The molecule has 2 heterocycles. The van der Waals surface area contributed by atoms with Crippen molar-refractivity contribution in [1.29, 1.82) is 0 Å². The molecule has 2 aromatic heterocycles. The number of aromatic nitrogens is 4. The van der Waals surface area contributed by atoms with Crippen LogP contribution in [-0.4, -0.2) is 37.3 Å². The Kier molecular flexibility index (Phi) is 7.39. The van der Waals surface area contributed by atoms with E-state index in [1.54, 1.807) is 10.6 Å². The highest BCUT2D eigenvalue weighted by Gasteiger charge is 2.15. The van der Waals surface area contributed by atoms with E-state index in [2.05, 4.69) is 25.8 Å². The molecule has 0 aliphatic carbocycles. The van der Waals surface area contributed by atoms with Gasteiger partial charge in [0.1, 0.15) is 0 Å². The summed E-state index contributed by atoms with van der Waals surface area (Å²) in [7, 11) is 1.81. The predicted molar refractivity (Wildman–Crippen MR) is 135 cm³/mol. The Balaban J connectivity index is 1.29. The van der Waals surface area contributed by atoms with Crippen molar-refractivity contribution in [2.24, 2.45) is 7.05 Å². The average Bonchev–Trinajstić information content (AvgIpc) is 3.43. The SMILES string of the molecule is Cc1ccc(-c2csc(NC(=O)CSc3nnc(CNC(=O)c4ccccc4C)n3C)n2)cc1. The molecule has 0 bridgehead atoms. The molecule has 8 nitrogen and oxygen atoms in total. The van der Waals surface area contributed by atoms with Gasteiger partial charge in [-0.15, -0.1) is 21.5 Å². The number of aryl methyl sites for hydroxylation is 2. The number of thioether (sulfide) groups is 1. The fourth-order valence-electron chi connectivity index (χ4n) is 3.18. The van der Waals surface area contributed by atoms with Gasteiger partial charge in [-0.05, 0) is 25.5 Å². The molecule has 2 aromatic carbocycles. The van der Waals surface area contributed by atoms with Gasteiger partial charge >= 0.3 is 0 Å². The van der Waals surface area contributed by atoms with Crippen LogP contribution in [0.5, 0.6) is 0 Å². The van der Waals surface area contributed by atoms with E-state index < -0.39 is 0 Å². The summed E-state index contributed by atoms with van der Waals surface area (Å²) in [5.41, 5.74) is 4.57. The Hall–Kier alpha value is -3.50. The zero-order valence-corrected chi connectivity index (χ0v) is 20.7. The van der Waals surface area contributed by atoms with E-state index >= 15 is 0 Å². The van der Waals surface area contributed by atoms with E-state index in [1.807, 2.05) is 68.7 Å². The number of nitrogens with one attached hydrogen (secondary N) is 2. The van der Waals surface area contributed by atoms with Crippen LogP contribution in [0.25, 0.3) is 11.3 Å². The van der Waals surface area contributed by atoms with Crippen LogP contribution in [0.15, 0.2) is 59.1 Å². The van der Waals surface area contributed by atoms with E-state index in [-0.39, 0.29) is 24.1 Å². The van der Waals surface area contributed by atoms with Gasteiger partial charge < -0.3 is 15.2 Å². The Labute approximate surface area is 205 Å². The smallest absolute Gasteiger partial charge is 0.251 e. The molecule has 0 spiro atoms. The van der Waals surface area contributed by atoms with Crippen molar-refractivity contribution in [1.82, 2.24) is 25.1 Å². The van der Waals surface area contributed by atoms with Gasteiger partial charge in [-0.2, -0.15) is 0 Å². The van der Waals surface area contributed by atoms with Crippen LogP contribution in [-0.2, 0) is 18.4 Å². The normalized spacial score (nSPS) is 10.8. The van der Waals surface area contributed by atoms with E-state index in [0.717, 1.165) is 16.8 Å². The van der Waals surface area contributed by atoms with Crippen molar-refractivity contribution in [2.75, 3.05) is 11.1 Å². The third kappa shape index (κ3) is 5.70. The highest BCUT2D eigenvalue weighted by molar-refractivity contribution is 7.99. The maximum Gasteiger partial charge on any atom is 0.251 e. The number of hydrogen-bond donors (Lipinski definition) is 2. The minimum atomic E-state index is -0.174. The Morgan fingerprint density at radius 3 is 2.59 bits per heavy atom. The van der Waals surface area contributed by atoms with Gasteiger partial charge in [0.15, 0.2) is 16.1 Å². The summed E-state index contributed by atoms with van der Waals surface area (Å²) in [5.74, 6) is 0.434. The molecule has 4 rings (SSSR count). The van der Waals surface area contributed by atoms with Gasteiger partial charge in [0.2, 0.25) is 5.91 Å². The lowest BCUT2D eigenvalue weighted by atomic mass is 10.1. The summed E-state index contributed by atoms with van der Waals surface area (Å²) < 4.78 is 1.77. The molecule has 174 valence electrons. The lowest BCUT2D eigenvalue weighted by Gasteiger charge is -2.07. The van der Waals surface area contributed by atoms with Crippen LogP contribution in [0.2, 0.25) is 0 Å². The summed E-state index contributed by atoms with van der Waals surface area (Å²) in [6, 6.07) is 15.5. The summed E-state index contributed by atoms with van der Waals surface area (Å²) in [6.45, 7) is 4.17. The number of benzene rings is 2. The topological polar surface area (TPSA) is 102 Å². The standard InChI is InChI=1S/C24H24N6O2S2/c1-15-8-10-17(11-9-15)19-13-33-23(26-19)27-21(31)14-34-24-29-28-20(30(24)3)12-25-22(32)18-7-5-4-6-16(18)2/h4-11,13H,12,14H2,1-3H3,(H,25,32)(H,26,27,31). The van der Waals surface area contributed by atoms with Crippen molar-refractivity contribution >= 4 is 40.0 Å². The summed E-state index contributed by atoms with van der Waals surface area (Å²) in [4.78, 5) is 29.3. The molecular weight excluding hydrogens is 468 g/mol. The number of carbonyl (C=O) groups excluding carboxylic acids is 2. The fraction of sp³-hybridized carbons (Fsp3) is 0.208. The van der Waals surface area contributed by atoms with Gasteiger partial charge in [-0.3, -0.25) is 9.59 Å². The molecule has 0 unspecified atom stereocenters. The summed E-state index contributed by atoms with van der Waals surface area (Å²) >= 11 is 2.66. The molecule has 34 heavy (non-hydrogen) atoms. The quantitative estimate of drug-likeness (QED) is 0.357. The largest absolute Gasteiger partial charge is 0.345 e. The minimum absolute atomic E-state index is 0.164. The molecule has 0 atom stereocenters. The van der Waals surface area contributed by atoms with Gasteiger partial charge in [0, 0.05) is 23.6 Å². The molecule has 0 aliphatic rings. The molecule has 2 amide bonds. The van der Waals surface area contributed by atoms with Crippen molar-refractivity contribution in [3.63, 3.8) is 0 Å². The fourth-order valence-corrected chi connectivity index (χ4v) is 4.65. The first-order valence-corrected chi connectivity index (χ1v) is 12.4. The zero-order chi connectivity index (χ0) is 24.1. The Bertz CT molecular complexity index is 1310. The second kappa shape index (κ2) is 10.6. The van der Waals surface area contributed by atoms with Crippen molar-refractivity contribution in [3.8, 4) is 11.3 Å². The lowest BCUT2D eigenvalue weighted by Crippen LogP contribution is -2.25. The van der Waals surface area contributed by atoms with Gasteiger partial charge in [-0.1, -0.05) is 59.8 Å². The molecule has 4 aromatic rings. The first-order valence-electron chi connectivity index (χ1n) is 10.6. The highest BCUT2D eigenvalue weighted by Crippen LogP contribution is 2.25. The summed E-state index contributed by atoms with van der Waals surface area (Å²) in [6.07, 6.45) is 0. The number of thiazole rings is 1. The van der Waals surface area contributed by atoms with Crippen LogP contribution >= 0.6 is 23.1 Å². The van der Waals surface area contributed by atoms with Crippen molar-refractivity contribution < 1.29 is 9.59 Å². The van der Waals surface area contributed by atoms with E-state index in [0.29, 0.717) is 21.7 Å². The monoisotopic (exact) mass is 492 g/mol. The van der Waals surface area contributed by atoms with Crippen LogP contribution in [0.4, 0.5) is 5.13 Å². The predicted octanol–water partition coefficient (Wildman–Crippen LogP) is 4.22. The number of amides is 2. The van der Waals surface area contributed by atoms with Crippen LogP contribution in [0, 0.1) is 13.8 Å². The van der Waals surface area contributed by atoms with Crippen LogP contribution < -0.4 is 10.6 Å². The number of carbonyl (C=O) groups is 2. The van der Waals surface area contributed by atoms with E-state index in [4.69, 9.17) is 0 Å². The minimum Gasteiger partial charge on any atom is -0.345 e. The van der Waals surface area contributed by atoms with Crippen molar-refractivity contribution in [3.05, 3.63) is 76.4 Å². The van der Waals surface area contributed by atoms with Crippen molar-refractivity contribution in [2.45, 2.75) is 25.5 Å². The van der Waals surface area contributed by atoms with E-state index in [9.17, 15) is 9.59 Å². The number of nitrogens with zero attached hydrogens (tertiary/aromatic N) is 4. The van der Waals surface area contributed by atoms with Gasteiger partial charge in [0.25, 0.3) is 5.91 Å². The first kappa shape index (κ1) is 23.7. The van der Waals surface area contributed by atoms with Crippen LogP contribution in [0.1, 0.15) is 27.3 Å². The zero-order valence-electron chi connectivity index (χ0n) is 19.0. The Morgan fingerprint density at radius 2 is 1.82 bits per heavy atom. The Morgan fingerprint density at radius 1 is 1.06 bits per heavy atom. The third-order valence-corrected chi connectivity index (χ3v) is 6.93. The molecule has 0 aliphatic heterocycles.